The fraction of sp³-hybridized carbons (Fsp3) is 0.250. The van der Waals surface area contributed by atoms with Crippen LogP contribution in [0.25, 0.3) is 6.08 Å². The van der Waals surface area contributed by atoms with E-state index in [1.54, 1.807) is 18.2 Å². The normalized spacial score (nSPS) is 10.8. The van der Waals surface area contributed by atoms with Crippen LogP contribution >= 0.6 is 11.6 Å². The molecule has 0 radical (unpaired) electrons. The van der Waals surface area contributed by atoms with Gasteiger partial charge in [-0.25, -0.2) is 0 Å². The Morgan fingerprint density at radius 3 is 2.50 bits per heavy atom. The average Bonchev–Trinajstić information content (AvgIpc) is 2.60. The van der Waals surface area contributed by atoms with Crippen LogP contribution in [-0.2, 0) is 11.2 Å². The summed E-state index contributed by atoms with van der Waals surface area (Å²) in [7, 11) is 0. The van der Waals surface area contributed by atoms with E-state index in [-0.39, 0.29) is 5.91 Å². The van der Waals surface area contributed by atoms with E-state index in [0.29, 0.717) is 18.2 Å². The number of rotatable bonds is 8. The molecule has 0 unspecified atom stereocenters. The van der Waals surface area contributed by atoms with Crippen LogP contribution in [0.2, 0.25) is 5.02 Å². The van der Waals surface area contributed by atoms with Gasteiger partial charge in [0, 0.05) is 11.1 Å². The number of hydrogen-bond acceptors (Lipinski definition) is 2. The van der Waals surface area contributed by atoms with E-state index in [9.17, 15) is 4.79 Å². The average molecular weight is 344 g/mol. The first-order valence-electron chi connectivity index (χ1n) is 8.10. The summed E-state index contributed by atoms with van der Waals surface area (Å²) in [4.78, 5) is 11.7. The van der Waals surface area contributed by atoms with Crippen molar-refractivity contribution in [3.63, 3.8) is 0 Å². The number of halogens is 1. The third-order valence-electron chi connectivity index (χ3n) is 3.43. The molecular formula is C20H22ClNO2. The predicted molar refractivity (Wildman–Crippen MR) is 99.4 cm³/mol. The fourth-order valence-corrected chi connectivity index (χ4v) is 2.31. The van der Waals surface area contributed by atoms with Crippen LogP contribution in [0, 0.1) is 0 Å². The number of nitrogens with one attached hydrogen (secondary N) is 1. The summed E-state index contributed by atoms with van der Waals surface area (Å²) in [5.74, 6) is 0.674. The van der Waals surface area contributed by atoms with E-state index >= 15 is 0 Å². The molecule has 4 heteroatoms. The van der Waals surface area contributed by atoms with Gasteiger partial charge in [0.15, 0.2) is 0 Å². The van der Waals surface area contributed by atoms with Crippen LogP contribution in [0.15, 0.2) is 54.6 Å². The molecule has 24 heavy (non-hydrogen) atoms. The molecule has 0 saturated heterocycles. The molecular weight excluding hydrogens is 322 g/mol. The zero-order chi connectivity index (χ0) is 17.2. The second-order valence-corrected chi connectivity index (χ2v) is 5.85. The molecule has 0 aliphatic carbocycles. The summed E-state index contributed by atoms with van der Waals surface area (Å²) in [5, 5.41) is 3.47. The summed E-state index contributed by atoms with van der Waals surface area (Å²) in [6.07, 6.45) is 5.47. The number of aryl methyl sites for hydroxylation is 1. The molecule has 0 saturated carbocycles. The Morgan fingerprint density at radius 1 is 1.12 bits per heavy atom. The SMILES string of the molecule is CCCc1ccc(OCCNC(=O)/C=C/c2ccc(Cl)cc2)cc1. The topological polar surface area (TPSA) is 38.3 Å². The molecule has 3 nitrogen and oxygen atoms in total. The quantitative estimate of drug-likeness (QED) is 0.566. The van der Waals surface area contributed by atoms with E-state index in [0.717, 1.165) is 24.2 Å². The van der Waals surface area contributed by atoms with Crippen molar-refractivity contribution < 1.29 is 9.53 Å². The van der Waals surface area contributed by atoms with Gasteiger partial charge in [0.05, 0.1) is 6.54 Å². The monoisotopic (exact) mass is 343 g/mol. The molecule has 126 valence electrons. The lowest BCUT2D eigenvalue weighted by Crippen LogP contribution is -2.26. The highest BCUT2D eigenvalue weighted by Gasteiger charge is 1.98. The Morgan fingerprint density at radius 2 is 1.83 bits per heavy atom. The molecule has 2 aromatic carbocycles. The van der Waals surface area contributed by atoms with Crippen LogP contribution in [-0.4, -0.2) is 19.1 Å². The van der Waals surface area contributed by atoms with Crippen molar-refractivity contribution in [2.75, 3.05) is 13.2 Å². The van der Waals surface area contributed by atoms with Crippen molar-refractivity contribution in [3.05, 3.63) is 70.8 Å². The minimum Gasteiger partial charge on any atom is -0.492 e. The highest BCUT2D eigenvalue weighted by atomic mass is 35.5. The molecule has 1 amide bonds. The van der Waals surface area contributed by atoms with E-state index in [1.165, 1.54) is 11.6 Å². The lowest BCUT2D eigenvalue weighted by molar-refractivity contribution is -0.116. The maximum atomic E-state index is 11.7. The Kier molecular flexibility index (Phi) is 7.37. The third-order valence-corrected chi connectivity index (χ3v) is 3.68. The van der Waals surface area contributed by atoms with Gasteiger partial charge in [-0.05, 0) is 47.9 Å². The standard InChI is InChI=1S/C20H22ClNO2/c1-2-3-16-6-11-19(12-7-16)24-15-14-22-20(23)13-8-17-4-9-18(21)10-5-17/h4-13H,2-3,14-15H2,1H3,(H,22,23)/b13-8+. The maximum Gasteiger partial charge on any atom is 0.244 e. The van der Waals surface area contributed by atoms with Crippen molar-refractivity contribution in [3.8, 4) is 5.75 Å². The zero-order valence-corrected chi connectivity index (χ0v) is 14.6. The van der Waals surface area contributed by atoms with E-state index in [2.05, 4.69) is 24.4 Å². The Hall–Kier alpha value is -2.26. The van der Waals surface area contributed by atoms with Crippen LogP contribution in [0.1, 0.15) is 24.5 Å². The van der Waals surface area contributed by atoms with Gasteiger partial charge in [-0.2, -0.15) is 0 Å². The summed E-state index contributed by atoms with van der Waals surface area (Å²) in [6, 6.07) is 15.4. The van der Waals surface area contributed by atoms with Crippen LogP contribution in [0.3, 0.4) is 0 Å². The molecule has 0 aliphatic rings. The van der Waals surface area contributed by atoms with Gasteiger partial charge in [0.1, 0.15) is 12.4 Å². The first-order valence-corrected chi connectivity index (χ1v) is 8.48. The molecule has 0 spiro atoms. The third kappa shape index (κ3) is 6.47. The van der Waals surface area contributed by atoms with Crippen molar-refractivity contribution in [1.29, 1.82) is 0 Å². The van der Waals surface area contributed by atoms with Crippen molar-refractivity contribution in [2.45, 2.75) is 19.8 Å². The molecule has 0 bridgehead atoms. The Bertz CT molecular complexity index is 663. The first-order chi connectivity index (χ1) is 11.7. The summed E-state index contributed by atoms with van der Waals surface area (Å²) >= 11 is 5.82. The molecule has 1 N–H and O–H groups in total. The molecule has 2 rings (SSSR count). The Labute approximate surface area is 148 Å². The largest absolute Gasteiger partial charge is 0.492 e. The summed E-state index contributed by atoms with van der Waals surface area (Å²) < 4.78 is 5.61. The lowest BCUT2D eigenvalue weighted by atomic mass is 10.1. The predicted octanol–water partition coefficient (Wildman–Crippen LogP) is 4.50. The summed E-state index contributed by atoms with van der Waals surface area (Å²) in [6.45, 7) is 3.06. The van der Waals surface area contributed by atoms with Crippen molar-refractivity contribution in [2.24, 2.45) is 0 Å². The van der Waals surface area contributed by atoms with E-state index in [4.69, 9.17) is 16.3 Å². The number of benzene rings is 2. The molecule has 2 aromatic rings. The van der Waals surface area contributed by atoms with Gasteiger partial charge >= 0.3 is 0 Å². The van der Waals surface area contributed by atoms with Crippen LogP contribution in [0.4, 0.5) is 0 Å². The molecule has 0 fully saturated rings. The van der Waals surface area contributed by atoms with Crippen LogP contribution in [0.5, 0.6) is 5.75 Å². The number of carbonyl (C=O) groups excluding carboxylic acids is 1. The second-order valence-electron chi connectivity index (χ2n) is 5.42. The van der Waals surface area contributed by atoms with Crippen molar-refractivity contribution in [1.82, 2.24) is 5.32 Å². The minimum absolute atomic E-state index is 0.146. The number of ether oxygens (including phenoxy) is 1. The molecule has 0 aromatic heterocycles. The van der Waals surface area contributed by atoms with E-state index in [1.807, 2.05) is 24.3 Å². The smallest absolute Gasteiger partial charge is 0.244 e. The van der Waals surface area contributed by atoms with Gasteiger partial charge in [0.25, 0.3) is 0 Å². The van der Waals surface area contributed by atoms with Gasteiger partial charge in [0.2, 0.25) is 5.91 Å². The zero-order valence-electron chi connectivity index (χ0n) is 13.8. The van der Waals surface area contributed by atoms with Gasteiger partial charge in [-0.1, -0.05) is 49.2 Å². The number of carbonyl (C=O) groups is 1. The van der Waals surface area contributed by atoms with Gasteiger partial charge < -0.3 is 10.1 Å². The molecule has 0 aliphatic heterocycles. The highest BCUT2D eigenvalue weighted by molar-refractivity contribution is 6.30. The lowest BCUT2D eigenvalue weighted by Gasteiger charge is -2.07. The van der Waals surface area contributed by atoms with Crippen molar-refractivity contribution >= 4 is 23.6 Å². The second kappa shape index (κ2) is 9.78. The van der Waals surface area contributed by atoms with Gasteiger partial charge in [-0.15, -0.1) is 0 Å². The maximum absolute atomic E-state index is 11.7. The van der Waals surface area contributed by atoms with Gasteiger partial charge in [-0.3, -0.25) is 4.79 Å². The highest BCUT2D eigenvalue weighted by Crippen LogP contribution is 2.13. The summed E-state index contributed by atoms with van der Waals surface area (Å²) in [5.41, 5.74) is 2.24. The first kappa shape index (κ1) is 18.1. The number of amides is 1. The fourth-order valence-electron chi connectivity index (χ4n) is 2.19. The van der Waals surface area contributed by atoms with Crippen LogP contribution < -0.4 is 10.1 Å². The Balaban J connectivity index is 1.67. The molecule has 0 heterocycles. The molecule has 0 atom stereocenters. The number of hydrogen-bond donors (Lipinski definition) is 1. The minimum atomic E-state index is -0.146. The van der Waals surface area contributed by atoms with E-state index < -0.39 is 0 Å².